The average Bonchev–Trinajstić information content (AvgIpc) is 2.03. The molecule has 2 heteroatoms. The third-order valence-electron chi connectivity index (χ3n) is 3.30. The van der Waals surface area contributed by atoms with Gasteiger partial charge in [0, 0.05) is 16.7 Å². The monoisotopic (exact) mass is 315 g/mol. The Morgan fingerprint density at radius 3 is 2.33 bits per heavy atom. The van der Waals surface area contributed by atoms with Crippen LogP contribution >= 0.6 is 22.6 Å². The second-order valence-corrected chi connectivity index (χ2v) is 6.58. The van der Waals surface area contributed by atoms with E-state index in [4.69, 9.17) is 0 Å². The third kappa shape index (κ3) is 2.30. The van der Waals surface area contributed by atoms with Crippen molar-refractivity contribution in [1.29, 1.82) is 0 Å². The smallest absolute Gasteiger partial charge is 0.0502 e. The Morgan fingerprint density at radius 1 is 1.20 bits per heavy atom. The Labute approximate surface area is 106 Å². The van der Waals surface area contributed by atoms with Crippen LogP contribution in [-0.2, 0) is 0 Å². The molecule has 1 aliphatic heterocycles. The van der Waals surface area contributed by atoms with Crippen molar-refractivity contribution < 1.29 is 0 Å². The molecule has 0 aromatic heterocycles. The average molecular weight is 315 g/mol. The largest absolute Gasteiger partial charge is 0.370 e. The first-order valence-corrected chi connectivity index (χ1v) is 6.56. The fourth-order valence-electron chi connectivity index (χ4n) is 1.93. The Morgan fingerprint density at radius 2 is 1.80 bits per heavy atom. The minimum Gasteiger partial charge on any atom is -0.370 e. The molecule has 82 valence electrons. The van der Waals surface area contributed by atoms with Gasteiger partial charge in [-0.3, -0.25) is 0 Å². The summed E-state index contributed by atoms with van der Waals surface area (Å²) in [5.74, 6) is 0.841. The fraction of sp³-hybridized carbons (Fsp3) is 0.538. The predicted molar refractivity (Wildman–Crippen MR) is 74.3 cm³/mol. The van der Waals surface area contributed by atoms with Crippen LogP contribution in [0.2, 0.25) is 0 Å². The molecule has 1 aliphatic rings. The lowest BCUT2D eigenvalue weighted by atomic mass is 9.76. The fourth-order valence-corrected chi connectivity index (χ4v) is 2.66. The highest BCUT2D eigenvalue weighted by atomic mass is 127. The maximum Gasteiger partial charge on any atom is 0.0502 e. The molecule has 0 aliphatic carbocycles. The summed E-state index contributed by atoms with van der Waals surface area (Å²) < 4.78 is 1.36. The van der Waals surface area contributed by atoms with E-state index in [1.54, 1.807) is 0 Å². The standard InChI is InChI=1S/C13H18IN/c1-13(2,3)10-8-15(9-10)12-7-5-4-6-11(12)14/h4-7,10H,8-9H2,1-3H3. The zero-order chi connectivity index (χ0) is 11.1. The van der Waals surface area contributed by atoms with Gasteiger partial charge in [-0.2, -0.15) is 0 Å². The highest BCUT2D eigenvalue weighted by molar-refractivity contribution is 14.1. The molecule has 0 unspecified atom stereocenters. The Kier molecular flexibility index (Phi) is 2.97. The molecule has 0 saturated carbocycles. The van der Waals surface area contributed by atoms with Crippen LogP contribution in [0, 0.1) is 14.9 Å². The SMILES string of the molecule is CC(C)(C)C1CN(c2ccccc2I)C1. The van der Waals surface area contributed by atoms with Crippen molar-refractivity contribution in [2.75, 3.05) is 18.0 Å². The van der Waals surface area contributed by atoms with E-state index in [1.807, 2.05) is 0 Å². The molecule has 2 rings (SSSR count). The molecule has 1 heterocycles. The Hall–Kier alpha value is -0.250. The lowest BCUT2D eigenvalue weighted by Gasteiger charge is -2.48. The molecule has 0 spiro atoms. The summed E-state index contributed by atoms with van der Waals surface area (Å²) in [5, 5.41) is 0. The number of nitrogens with zero attached hydrogens (tertiary/aromatic N) is 1. The van der Waals surface area contributed by atoms with Gasteiger partial charge in [0.1, 0.15) is 0 Å². The molecule has 0 bridgehead atoms. The summed E-state index contributed by atoms with van der Waals surface area (Å²) in [7, 11) is 0. The van der Waals surface area contributed by atoms with Crippen LogP contribution in [0.15, 0.2) is 24.3 Å². The lowest BCUT2D eigenvalue weighted by molar-refractivity contribution is 0.195. The van der Waals surface area contributed by atoms with Crippen molar-refractivity contribution in [3.63, 3.8) is 0 Å². The van der Waals surface area contributed by atoms with Crippen molar-refractivity contribution in [3.05, 3.63) is 27.8 Å². The minimum atomic E-state index is 0.455. The van der Waals surface area contributed by atoms with E-state index >= 15 is 0 Å². The van der Waals surface area contributed by atoms with Crippen LogP contribution in [0.3, 0.4) is 0 Å². The van der Waals surface area contributed by atoms with E-state index < -0.39 is 0 Å². The number of rotatable bonds is 1. The second-order valence-electron chi connectivity index (χ2n) is 5.42. The van der Waals surface area contributed by atoms with Crippen molar-refractivity contribution in [1.82, 2.24) is 0 Å². The third-order valence-corrected chi connectivity index (χ3v) is 4.21. The number of para-hydroxylation sites is 1. The Balaban J connectivity index is 2.04. The van der Waals surface area contributed by atoms with Gasteiger partial charge < -0.3 is 4.90 Å². The highest BCUT2D eigenvalue weighted by Crippen LogP contribution is 2.37. The van der Waals surface area contributed by atoms with E-state index in [2.05, 4.69) is 72.5 Å². The molecule has 1 nitrogen and oxygen atoms in total. The second kappa shape index (κ2) is 3.96. The van der Waals surface area contributed by atoms with Gasteiger partial charge in [-0.1, -0.05) is 32.9 Å². The normalized spacial score (nSPS) is 17.7. The molecule has 15 heavy (non-hydrogen) atoms. The first kappa shape index (κ1) is 11.2. The molecule has 1 fully saturated rings. The molecule has 1 aromatic carbocycles. The topological polar surface area (TPSA) is 3.24 Å². The number of halogens is 1. The first-order chi connectivity index (χ1) is 6.98. The van der Waals surface area contributed by atoms with E-state index in [9.17, 15) is 0 Å². The van der Waals surface area contributed by atoms with Gasteiger partial charge in [0.25, 0.3) is 0 Å². The van der Waals surface area contributed by atoms with Crippen molar-refractivity contribution in [2.45, 2.75) is 20.8 Å². The summed E-state index contributed by atoms with van der Waals surface area (Å²) in [6.07, 6.45) is 0. The minimum absolute atomic E-state index is 0.455. The highest BCUT2D eigenvalue weighted by Gasteiger charge is 2.36. The molecule has 1 aromatic rings. The Bertz CT molecular complexity index is 348. The molecular formula is C13H18IN. The van der Waals surface area contributed by atoms with Gasteiger partial charge in [-0.15, -0.1) is 0 Å². The molecule has 0 radical (unpaired) electrons. The number of hydrogen-bond donors (Lipinski definition) is 0. The molecule has 0 atom stereocenters. The molecule has 0 amide bonds. The molecular weight excluding hydrogens is 297 g/mol. The van der Waals surface area contributed by atoms with Crippen LogP contribution in [0.1, 0.15) is 20.8 Å². The van der Waals surface area contributed by atoms with Crippen LogP contribution in [0.25, 0.3) is 0 Å². The van der Waals surface area contributed by atoms with Gasteiger partial charge in [0.2, 0.25) is 0 Å². The van der Waals surface area contributed by atoms with Gasteiger partial charge in [0.15, 0.2) is 0 Å². The van der Waals surface area contributed by atoms with E-state index in [0.29, 0.717) is 5.41 Å². The summed E-state index contributed by atoms with van der Waals surface area (Å²) >= 11 is 2.42. The van der Waals surface area contributed by atoms with Crippen molar-refractivity contribution in [3.8, 4) is 0 Å². The zero-order valence-corrected chi connectivity index (χ0v) is 11.8. The summed E-state index contributed by atoms with van der Waals surface area (Å²) in [6, 6.07) is 8.63. The lowest BCUT2D eigenvalue weighted by Crippen LogP contribution is -2.52. The van der Waals surface area contributed by atoms with Crippen LogP contribution in [0.5, 0.6) is 0 Å². The quantitative estimate of drug-likeness (QED) is 0.713. The van der Waals surface area contributed by atoms with Crippen LogP contribution in [0.4, 0.5) is 5.69 Å². The summed E-state index contributed by atoms with van der Waals surface area (Å²) in [4.78, 5) is 2.48. The molecule has 1 saturated heterocycles. The van der Waals surface area contributed by atoms with E-state index in [-0.39, 0.29) is 0 Å². The van der Waals surface area contributed by atoms with Crippen LogP contribution in [-0.4, -0.2) is 13.1 Å². The zero-order valence-electron chi connectivity index (χ0n) is 9.63. The van der Waals surface area contributed by atoms with E-state index in [0.717, 1.165) is 5.92 Å². The predicted octanol–water partition coefficient (Wildman–Crippen LogP) is 3.77. The van der Waals surface area contributed by atoms with Crippen molar-refractivity contribution >= 4 is 28.3 Å². The van der Waals surface area contributed by atoms with Gasteiger partial charge >= 0.3 is 0 Å². The maximum atomic E-state index is 2.48. The van der Waals surface area contributed by atoms with Gasteiger partial charge in [-0.25, -0.2) is 0 Å². The first-order valence-electron chi connectivity index (χ1n) is 5.48. The summed E-state index contributed by atoms with van der Waals surface area (Å²) in [5.41, 5.74) is 1.86. The molecule has 0 N–H and O–H groups in total. The van der Waals surface area contributed by atoms with Crippen LogP contribution < -0.4 is 4.90 Å². The number of anilines is 1. The summed E-state index contributed by atoms with van der Waals surface area (Å²) in [6.45, 7) is 9.44. The van der Waals surface area contributed by atoms with Gasteiger partial charge in [-0.05, 0) is 46.1 Å². The van der Waals surface area contributed by atoms with E-state index in [1.165, 1.54) is 22.3 Å². The number of hydrogen-bond acceptors (Lipinski definition) is 1. The maximum absolute atomic E-state index is 2.48. The van der Waals surface area contributed by atoms with Crippen molar-refractivity contribution in [2.24, 2.45) is 11.3 Å². The number of benzene rings is 1. The van der Waals surface area contributed by atoms with Gasteiger partial charge in [0.05, 0.1) is 5.69 Å².